The van der Waals surface area contributed by atoms with Gasteiger partial charge in [-0.1, -0.05) is 0 Å². The first kappa shape index (κ1) is 19.6. The predicted molar refractivity (Wildman–Crippen MR) is 80.1 cm³/mol. The van der Waals surface area contributed by atoms with E-state index in [0.717, 1.165) is 6.92 Å². The topological polar surface area (TPSA) is 88.1 Å². The van der Waals surface area contributed by atoms with Crippen molar-refractivity contribution in [1.29, 1.82) is 0 Å². The molecule has 8 heteroatoms. The number of esters is 2. The first-order chi connectivity index (χ1) is 11.4. The minimum absolute atomic E-state index is 0.256. The molecule has 0 amide bonds. The normalized spacial score (nSPS) is 14.2. The summed E-state index contributed by atoms with van der Waals surface area (Å²) < 4.78 is 33.0. The van der Waals surface area contributed by atoms with Gasteiger partial charge in [0.15, 0.2) is 6.86 Å². The first-order valence-corrected chi connectivity index (χ1v) is 7.11. The monoisotopic (exact) mass is 342 g/mol. The van der Waals surface area contributed by atoms with E-state index in [2.05, 4.69) is 0 Å². The number of halogens is 1. The third-order valence-corrected chi connectivity index (χ3v) is 2.88. The fourth-order valence-electron chi connectivity index (χ4n) is 1.91. The molecule has 24 heavy (non-hydrogen) atoms. The van der Waals surface area contributed by atoms with Crippen LogP contribution in [0.1, 0.15) is 31.1 Å². The van der Waals surface area contributed by atoms with Crippen molar-refractivity contribution in [3.05, 3.63) is 29.8 Å². The van der Waals surface area contributed by atoms with Gasteiger partial charge in [-0.25, -0.2) is 4.39 Å². The molecule has 0 saturated carbocycles. The molecular formula is C16H19FO7. The highest BCUT2D eigenvalue weighted by Gasteiger charge is 2.34. The maximum Gasteiger partial charge on any atom is 0.303 e. The minimum Gasteiger partial charge on any atom is -0.461 e. The second-order valence-corrected chi connectivity index (χ2v) is 4.84. The number of ether oxygens (including phenoxy) is 4. The summed E-state index contributed by atoms with van der Waals surface area (Å²) in [5.74, 6) is -1.02. The van der Waals surface area contributed by atoms with Crippen LogP contribution >= 0.6 is 0 Å². The Hall–Kier alpha value is -2.48. The Kier molecular flexibility index (Phi) is 7.84. The molecule has 0 bridgehead atoms. The number of hydrogen-bond acceptors (Lipinski definition) is 7. The van der Waals surface area contributed by atoms with Crippen molar-refractivity contribution < 1.29 is 37.7 Å². The zero-order valence-corrected chi connectivity index (χ0v) is 13.6. The van der Waals surface area contributed by atoms with E-state index >= 15 is 0 Å². The van der Waals surface area contributed by atoms with Crippen molar-refractivity contribution in [2.24, 2.45) is 0 Å². The summed E-state index contributed by atoms with van der Waals surface area (Å²) in [4.78, 5) is 33.0. The Morgan fingerprint density at radius 3 is 2.17 bits per heavy atom. The minimum atomic E-state index is -1.35. The average Bonchev–Trinajstić information content (AvgIpc) is 2.52. The van der Waals surface area contributed by atoms with Gasteiger partial charge in [0.25, 0.3) is 0 Å². The second-order valence-electron chi connectivity index (χ2n) is 4.84. The maximum atomic E-state index is 12.7. The van der Waals surface area contributed by atoms with Gasteiger partial charge in [0.05, 0.1) is 0 Å². The molecule has 7 nitrogen and oxygen atoms in total. The number of aldehydes is 1. The van der Waals surface area contributed by atoms with E-state index < -0.39 is 37.3 Å². The molecule has 0 aromatic heterocycles. The summed E-state index contributed by atoms with van der Waals surface area (Å²) >= 11 is 0. The lowest BCUT2D eigenvalue weighted by Crippen LogP contribution is -2.46. The van der Waals surface area contributed by atoms with E-state index in [9.17, 15) is 18.8 Å². The zero-order valence-electron chi connectivity index (χ0n) is 13.6. The Balaban J connectivity index is 2.97. The largest absolute Gasteiger partial charge is 0.461 e. The first-order valence-electron chi connectivity index (χ1n) is 7.11. The lowest BCUT2D eigenvalue weighted by atomic mass is 10.2. The molecule has 1 aromatic carbocycles. The van der Waals surface area contributed by atoms with E-state index in [1.165, 1.54) is 38.1 Å². The molecule has 0 aliphatic heterocycles. The van der Waals surface area contributed by atoms with Gasteiger partial charge in [-0.15, -0.1) is 0 Å². The number of hydrogen-bond donors (Lipinski definition) is 0. The highest BCUT2D eigenvalue weighted by atomic mass is 19.1. The van der Waals surface area contributed by atoms with Crippen LogP contribution in [-0.4, -0.2) is 43.6 Å². The molecule has 0 fully saturated rings. The molecule has 0 radical (unpaired) electrons. The van der Waals surface area contributed by atoms with Crippen LogP contribution in [0.3, 0.4) is 0 Å². The van der Waals surface area contributed by atoms with Gasteiger partial charge in [-0.2, -0.15) is 0 Å². The molecule has 0 heterocycles. The van der Waals surface area contributed by atoms with Crippen LogP contribution in [0.25, 0.3) is 0 Å². The summed E-state index contributed by atoms with van der Waals surface area (Å²) in [6.07, 6.45) is -2.82. The summed E-state index contributed by atoms with van der Waals surface area (Å²) in [5.41, 5.74) is 0.426. The number of benzene rings is 1. The van der Waals surface area contributed by atoms with Crippen molar-refractivity contribution in [2.45, 2.75) is 39.3 Å². The van der Waals surface area contributed by atoms with Crippen LogP contribution in [0.15, 0.2) is 24.3 Å². The fourth-order valence-corrected chi connectivity index (χ4v) is 1.91. The predicted octanol–water partition coefficient (Wildman–Crippen LogP) is 2.03. The number of carbonyl (C=O) groups excluding carboxylic acids is 3. The van der Waals surface area contributed by atoms with Crippen LogP contribution in [0.2, 0.25) is 0 Å². The molecule has 0 aliphatic rings. The Bertz CT molecular complexity index is 558. The molecule has 3 atom stereocenters. The zero-order chi connectivity index (χ0) is 18.1. The highest BCUT2D eigenvalue weighted by molar-refractivity contribution is 5.74. The van der Waals surface area contributed by atoms with E-state index in [4.69, 9.17) is 18.9 Å². The van der Waals surface area contributed by atoms with Crippen LogP contribution in [-0.2, 0) is 23.8 Å². The fraction of sp³-hybridized carbons (Fsp3) is 0.438. The number of carbonyl (C=O) groups is 3. The quantitative estimate of drug-likeness (QED) is 0.385. The van der Waals surface area contributed by atoms with Crippen LogP contribution < -0.4 is 4.74 Å². The van der Waals surface area contributed by atoms with E-state index in [1.54, 1.807) is 0 Å². The molecule has 0 N–H and O–H groups in total. The summed E-state index contributed by atoms with van der Waals surface area (Å²) in [6, 6.07) is 5.93. The van der Waals surface area contributed by atoms with E-state index in [1.807, 2.05) is 0 Å². The molecule has 0 aliphatic carbocycles. The molecule has 1 rings (SSSR count). The second kappa shape index (κ2) is 9.61. The van der Waals surface area contributed by atoms with Crippen molar-refractivity contribution in [1.82, 2.24) is 0 Å². The summed E-state index contributed by atoms with van der Waals surface area (Å²) in [5, 5.41) is 0. The van der Waals surface area contributed by atoms with Crippen LogP contribution in [0.5, 0.6) is 5.75 Å². The third kappa shape index (κ3) is 6.33. The smallest absolute Gasteiger partial charge is 0.303 e. The Morgan fingerprint density at radius 2 is 1.71 bits per heavy atom. The van der Waals surface area contributed by atoms with Gasteiger partial charge in [-0.3, -0.25) is 14.4 Å². The SMILES string of the molecule is CC(=O)OC(C(OCF)Oc1ccc(C=O)cc1)[C@@H](C)OC(C)=O. The van der Waals surface area contributed by atoms with Gasteiger partial charge >= 0.3 is 11.9 Å². The third-order valence-electron chi connectivity index (χ3n) is 2.88. The molecule has 2 unspecified atom stereocenters. The van der Waals surface area contributed by atoms with E-state index in [0.29, 0.717) is 11.8 Å². The van der Waals surface area contributed by atoms with Crippen molar-refractivity contribution >= 4 is 18.2 Å². The average molecular weight is 342 g/mol. The molecule has 0 saturated heterocycles. The Labute approximate surface area is 138 Å². The standard InChI is InChI=1S/C16H19FO7/c1-10(22-11(2)19)15(23-12(3)20)16(21-9-17)24-14-6-4-13(8-18)5-7-14/h4-8,10,15-16H,9H2,1-3H3/t10-,15?,16?/m1/s1. The number of rotatable bonds is 9. The molecule has 132 valence electrons. The lowest BCUT2D eigenvalue weighted by Gasteiger charge is -2.30. The van der Waals surface area contributed by atoms with Crippen LogP contribution in [0, 0.1) is 0 Å². The highest BCUT2D eigenvalue weighted by Crippen LogP contribution is 2.19. The maximum absolute atomic E-state index is 12.7. The van der Waals surface area contributed by atoms with E-state index in [-0.39, 0.29) is 5.75 Å². The van der Waals surface area contributed by atoms with Gasteiger partial charge in [-0.05, 0) is 31.2 Å². The van der Waals surface area contributed by atoms with Gasteiger partial charge in [0.2, 0.25) is 12.4 Å². The van der Waals surface area contributed by atoms with Crippen molar-refractivity contribution in [3.8, 4) is 5.75 Å². The summed E-state index contributed by atoms with van der Waals surface area (Å²) in [7, 11) is 0. The number of alkyl halides is 1. The van der Waals surface area contributed by atoms with Crippen molar-refractivity contribution in [2.75, 3.05) is 6.86 Å². The van der Waals surface area contributed by atoms with Crippen LogP contribution in [0.4, 0.5) is 4.39 Å². The van der Waals surface area contributed by atoms with Gasteiger partial charge in [0, 0.05) is 19.4 Å². The van der Waals surface area contributed by atoms with Gasteiger partial charge in [0.1, 0.15) is 18.1 Å². The molecule has 1 aromatic rings. The summed E-state index contributed by atoms with van der Waals surface area (Å²) in [6.45, 7) is 2.59. The van der Waals surface area contributed by atoms with Gasteiger partial charge < -0.3 is 18.9 Å². The van der Waals surface area contributed by atoms with Crippen molar-refractivity contribution in [3.63, 3.8) is 0 Å². The molecular weight excluding hydrogens is 323 g/mol. The lowest BCUT2D eigenvalue weighted by molar-refractivity contribution is -0.212. The molecule has 0 spiro atoms. The Morgan fingerprint density at radius 1 is 1.12 bits per heavy atom.